The van der Waals surface area contributed by atoms with Crippen LogP contribution >= 0.6 is 11.6 Å². The van der Waals surface area contributed by atoms with Gasteiger partial charge in [-0.1, -0.05) is 17.7 Å². The molecular weight excluding hydrogens is 298 g/mol. The fourth-order valence-electron chi connectivity index (χ4n) is 1.70. The summed E-state index contributed by atoms with van der Waals surface area (Å²) in [5.74, 6) is 0. The maximum atomic E-state index is 12.2. The predicted molar refractivity (Wildman–Crippen MR) is 82.3 cm³/mol. The van der Waals surface area contributed by atoms with E-state index >= 15 is 0 Å². The highest BCUT2D eigenvalue weighted by Crippen LogP contribution is 2.20. The van der Waals surface area contributed by atoms with E-state index in [0.29, 0.717) is 5.02 Å². The zero-order valence-electron chi connectivity index (χ0n) is 12.1. The number of halogens is 1. The van der Waals surface area contributed by atoms with E-state index in [9.17, 15) is 8.42 Å². The average molecular weight is 320 g/mol. The molecule has 114 valence electrons. The van der Waals surface area contributed by atoms with Crippen molar-refractivity contribution in [3.05, 3.63) is 28.8 Å². The van der Waals surface area contributed by atoms with E-state index in [4.69, 9.17) is 17.3 Å². The molecule has 0 spiro atoms. The van der Waals surface area contributed by atoms with Gasteiger partial charge in [0.15, 0.2) is 0 Å². The second-order valence-corrected chi connectivity index (χ2v) is 7.19. The van der Waals surface area contributed by atoms with E-state index in [1.165, 1.54) is 12.1 Å². The maximum Gasteiger partial charge on any atom is 0.240 e. The van der Waals surface area contributed by atoms with Crippen LogP contribution in [0.25, 0.3) is 0 Å². The van der Waals surface area contributed by atoms with Gasteiger partial charge >= 0.3 is 0 Å². The van der Waals surface area contributed by atoms with Crippen molar-refractivity contribution in [3.8, 4) is 0 Å². The normalized spacial score (nSPS) is 13.7. The first kappa shape index (κ1) is 17.4. The van der Waals surface area contributed by atoms with Gasteiger partial charge in [-0.05, 0) is 51.7 Å². The second-order valence-electron chi connectivity index (χ2n) is 5.07. The van der Waals surface area contributed by atoms with Gasteiger partial charge in [0.1, 0.15) is 0 Å². The van der Waals surface area contributed by atoms with Crippen LogP contribution in [-0.4, -0.2) is 40.0 Å². The van der Waals surface area contributed by atoms with Gasteiger partial charge in [0.25, 0.3) is 0 Å². The number of nitrogens with two attached hydrogens (primary N) is 1. The van der Waals surface area contributed by atoms with E-state index in [-0.39, 0.29) is 17.5 Å². The van der Waals surface area contributed by atoms with E-state index in [1.54, 1.807) is 6.07 Å². The Hall–Kier alpha value is -0.660. The summed E-state index contributed by atoms with van der Waals surface area (Å²) in [5.41, 5.74) is 6.23. The smallest absolute Gasteiger partial charge is 0.240 e. The molecule has 0 aromatic heterocycles. The molecule has 1 unspecified atom stereocenters. The summed E-state index contributed by atoms with van der Waals surface area (Å²) in [5, 5.41) is 0.372. The average Bonchev–Trinajstić information content (AvgIpc) is 2.35. The number of rotatable bonds is 7. The highest BCUT2D eigenvalue weighted by atomic mass is 35.5. The summed E-state index contributed by atoms with van der Waals surface area (Å²) < 4.78 is 27.1. The molecule has 0 saturated carbocycles. The van der Waals surface area contributed by atoms with E-state index in [0.717, 1.165) is 18.5 Å². The Labute approximate surface area is 126 Å². The molecular formula is C13H22ClN3O2S. The van der Waals surface area contributed by atoms with Crippen LogP contribution in [0.15, 0.2) is 23.1 Å². The quantitative estimate of drug-likeness (QED) is 0.797. The number of nitrogens with zero attached hydrogens (tertiary/aromatic N) is 1. The summed E-state index contributed by atoms with van der Waals surface area (Å²) in [6.07, 6.45) is 0.737. The molecule has 0 heterocycles. The van der Waals surface area contributed by atoms with Gasteiger partial charge in [-0.2, -0.15) is 0 Å². The minimum Gasteiger partial charge on any atom is -0.326 e. The largest absolute Gasteiger partial charge is 0.326 e. The lowest BCUT2D eigenvalue weighted by Crippen LogP contribution is -2.34. The second kappa shape index (κ2) is 7.38. The lowest BCUT2D eigenvalue weighted by atomic mass is 10.2. The van der Waals surface area contributed by atoms with Crippen LogP contribution < -0.4 is 10.5 Å². The number of nitrogens with one attached hydrogen (secondary N) is 1. The van der Waals surface area contributed by atoms with Gasteiger partial charge in [0.05, 0.1) is 4.90 Å². The van der Waals surface area contributed by atoms with Crippen LogP contribution in [0.4, 0.5) is 0 Å². The number of hydrogen-bond acceptors (Lipinski definition) is 4. The first-order chi connectivity index (χ1) is 9.26. The molecule has 0 aliphatic carbocycles. The van der Waals surface area contributed by atoms with Crippen molar-refractivity contribution in [1.29, 1.82) is 0 Å². The summed E-state index contributed by atoms with van der Waals surface area (Å²) in [6, 6.07) is 4.46. The third kappa shape index (κ3) is 5.03. The molecule has 1 rings (SSSR count). The molecule has 3 N–H and O–H groups in total. The SMILES string of the molecule is CC(CCN(C)C)NS(=O)(=O)c1ccc(CN)c(Cl)c1. The van der Waals surface area contributed by atoms with Crippen molar-refractivity contribution in [2.45, 2.75) is 30.8 Å². The molecule has 0 aliphatic heterocycles. The molecule has 0 saturated heterocycles. The van der Waals surface area contributed by atoms with Gasteiger partial charge in [0, 0.05) is 17.6 Å². The molecule has 7 heteroatoms. The minimum absolute atomic E-state index is 0.143. The summed E-state index contributed by atoms with van der Waals surface area (Å²) in [7, 11) is 0.353. The van der Waals surface area contributed by atoms with Crippen molar-refractivity contribution < 1.29 is 8.42 Å². The monoisotopic (exact) mass is 319 g/mol. The lowest BCUT2D eigenvalue weighted by Gasteiger charge is -2.17. The van der Waals surface area contributed by atoms with Crippen molar-refractivity contribution in [2.24, 2.45) is 5.73 Å². The van der Waals surface area contributed by atoms with Crippen molar-refractivity contribution in [2.75, 3.05) is 20.6 Å². The fourth-order valence-corrected chi connectivity index (χ4v) is 3.33. The highest BCUT2D eigenvalue weighted by Gasteiger charge is 2.18. The van der Waals surface area contributed by atoms with E-state index in [1.807, 2.05) is 25.9 Å². The van der Waals surface area contributed by atoms with E-state index in [2.05, 4.69) is 4.72 Å². The summed E-state index contributed by atoms with van der Waals surface area (Å²) in [4.78, 5) is 2.17. The Bertz CT molecular complexity index is 547. The molecule has 1 aromatic rings. The molecule has 0 fully saturated rings. The van der Waals surface area contributed by atoms with Crippen LogP contribution in [0.5, 0.6) is 0 Å². The summed E-state index contributed by atoms with van der Waals surface area (Å²) in [6.45, 7) is 2.94. The van der Waals surface area contributed by atoms with Crippen molar-refractivity contribution in [3.63, 3.8) is 0 Å². The molecule has 5 nitrogen and oxygen atoms in total. The number of benzene rings is 1. The van der Waals surface area contributed by atoms with Crippen LogP contribution in [0.2, 0.25) is 5.02 Å². The predicted octanol–water partition coefficient (Wildman–Crippen LogP) is 1.42. The Balaban J connectivity index is 2.81. The Kier molecular flexibility index (Phi) is 6.42. The first-order valence-corrected chi connectivity index (χ1v) is 8.28. The van der Waals surface area contributed by atoms with Gasteiger partial charge in [-0.25, -0.2) is 13.1 Å². The number of sulfonamides is 1. The first-order valence-electron chi connectivity index (χ1n) is 6.42. The molecule has 0 bridgehead atoms. The summed E-state index contributed by atoms with van der Waals surface area (Å²) >= 11 is 6.00. The van der Waals surface area contributed by atoms with Gasteiger partial charge in [-0.15, -0.1) is 0 Å². The van der Waals surface area contributed by atoms with Crippen LogP contribution in [0, 0.1) is 0 Å². The maximum absolute atomic E-state index is 12.2. The highest BCUT2D eigenvalue weighted by molar-refractivity contribution is 7.89. The minimum atomic E-state index is -3.55. The number of hydrogen-bond donors (Lipinski definition) is 2. The van der Waals surface area contributed by atoms with Crippen LogP contribution in [0.3, 0.4) is 0 Å². The fraction of sp³-hybridized carbons (Fsp3) is 0.538. The van der Waals surface area contributed by atoms with Gasteiger partial charge in [0.2, 0.25) is 10.0 Å². The molecule has 0 radical (unpaired) electrons. The third-order valence-electron chi connectivity index (χ3n) is 2.92. The zero-order chi connectivity index (χ0) is 15.3. The molecule has 1 atom stereocenters. The standard InChI is InChI=1S/C13H22ClN3O2S/c1-10(6-7-17(2)3)16-20(18,19)12-5-4-11(9-15)13(14)8-12/h4-5,8,10,16H,6-7,9,15H2,1-3H3. The third-order valence-corrected chi connectivity index (χ3v) is 4.86. The molecule has 20 heavy (non-hydrogen) atoms. The lowest BCUT2D eigenvalue weighted by molar-refractivity contribution is 0.379. The van der Waals surface area contributed by atoms with Gasteiger partial charge in [-0.3, -0.25) is 0 Å². The Morgan fingerprint density at radius 2 is 2.05 bits per heavy atom. The zero-order valence-corrected chi connectivity index (χ0v) is 13.6. The van der Waals surface area contributed by atoms with Crippen LogP contribution in [-0.2, 0) is 16.6 Å². The topological polar surface area (TPSA) is 75.4 Å². The van der Waals surface area contributed by atoms with Crippen molar-refractivity contribution >= 4 is 21.6 Å². The molecule has 0 aliphatic rings. The molecule has 1 aromatic carbocycles. The molecule has 0 amide bonds. The Morgan fingerprint density at radius 3 is 2.55 bits per heavy atom. The Morgan fingerprint density at radius 1 is 1.40 bits per heavy atom. The van der Waals surface area contributed by atoms with Crippen molar-refractivity contribution in [1.82, 2.24) is 9.62 Å². The van der Waals surface area contributed by atoms with Crippen LogP contribution in [0.1, 0.15) is 18.9 Å². The van der Waals surface area contributed by atoms with Gasteiger partial charge < -0.3 is 10.6 Å². The van der Waals surface area contributed by atoms with E-state index < -0.39 is 10.0 Å².